The molecule has 3 rings (SSSR count). The lowest BCUT2D eigenvalue weighted by molar-refractivity contribution is 0.0340. The zero-order chi connectivity index (χ0) is 21.7. The van der Waals surface area contributed by atoms with E-state index in [-0.39, 0.29) is 5.91 Å². The van der Waals surface area contributed by atoms with Gasteiger partial charge >= 0.3 is 0 Å². The van der Waals surface area contributed by atoms with E-state index in [2.05, 4.69) is 16.3 Å². The zero-order valence-electron chi connectivity index (χ0n) is 17.7. The zero-order valence-corrected chi connectivity index (χ0v) is 18.5. The summed E-state index contributed by atoms with van der Waals surface area (Å²) in [5, 5.41) is 2.97. The summed E-state index contributed by atoms with van der Waals surface area (Å²) in [4.78, 5) is 15.1. The van der Waals surface area contributed by atoms with Crippen LogP contribution >= 0.6 is 0 Å². The van der Waals surface area contributed by atoms with Gasteiger partial charge in [-0.2, -0.15) is 0 Å². The minimum Gasteiger partial charge on any atom is -0.379 e. The van der Waals surface area contributed by atoms with Gasteiger partial charge in [-0.15, -0.1) is 0 Å². The van der Waals surface area contributed by atoms with Crippen LogP contribution in [0.5, 0.6) is 0 Å². The number of hydrogen-bond donors (Lipinski definition) is 1. The highest BCUT2D eigenvalue weighted by molar-refractivity contribution is 7.92. The Morgan fingerprint density at radius 1 is 1.13 bits per heavy atom. The molecule has 0 unspecified atom stereocenters. The predicted octanol–water partition coefficient (Wildman–Crippen LogP) is 2.15. The standard InChI is InChI=1S/C22H29N3O4S/c1-17-8-9-18(14-21(17)24(2)30(3,27)28)22(26)23-15-19-6-4-5-7-20(19)16-25-10-12-29-13-11-25/h4-9,14H,10-13,15-16H2,1-3H3,(H,23,26). The number of sulfonamides is 1. The van der Waals surface area contributed by atoms with E-state index in [4.69, 9.17) is 4.74 Å². The molecule has 0 bridgehead atoms. The maximum atomic E-state index is 12.7. The van der Waals surface area contributed by atoms with Gasteiger partial charge in [0.05, 0.1) is 25.2 Å². The van der Waals surface area contributed by atoms with Crippen molar-refractivity contribution in [1.29, 1.82) is 0 Å². The average molecular weight is 432 g/mol. The smallest absolute Gasteiger partial charge is 0.251 e. The lowest BCUT2D eigenvalue weighted by Gasteiger charge is -2.27. The normalized spacial score (nSPS) is 15.0. The molecule has 0 aromatic heterocycles. The molecule has 2 aromatic rings. The van der Waals surface area contributed by atoms with Crippen LogP contribution < -0.4 is 9.62 Å². The van der Waals surface area contributed by atoms with Crippen molar-refractivity contribution >= 4 is 21.6 Å². The van der Waals surface area contributed by atoms with Crippen molar-refractivity contribution in [3.8, 4) is 0 Å². The largest absolute Gasteiger partial charge is 0.379 e. The van der Waals surface area contributed by atoms with Crippen LogP contribution in [0.3, 0.4) is 0 Å². The lowest BCUT2D eigenvalue weighted by Crippen LogP contribution is -2.36. The molecule has 1 aliphatic rings. The van der Waals surface area contributed by atoms with Crippen molar-refractivity contribution in [3.05, 3.63) is 64.7 Å². The van der Waals surface area contributed by atoms with Gasteiger partial charge in [-0.1, -0.05) is 30.3 Å². The van der Waals surface area contributed by atoms with Gasteiger partial charge in [-0.3, -0.25) is 14.0 Å². The summed E-state index contributed by atoms with van der Waals surface area (Å²) in [5.41, 5.74) is 3.96. The number of aryl methyl sites for hydroxylation is 1. The number of morpholine rings is 1. The third-order valence-corrected chi connectivity index (χ3v) is 6.56. The van der Waals surface area contributed by atoms with Crippen LogP contribution in [-0.4, -0.2) is 58.8 Å². The number of hydrogen-bond acceptors (Lipinski definition) is 5. The molecule has 1 fully saturated rings. The molecule has 1 amide bonds. The second-order valence-corrected chi connectivity index (χ2v) is 9.59. The Hall–Kier alpha value is -2.42. The topological polar surface area (TPSA) is 79.0 Å². The van der Waals surface area contributed by atoms with E-state index in [9.17, 15) is 13.2 Å². The molecule has 162 valence electrons. The molecule has 0 spiro atoms. The number of ether oxygens (including phenoxy) is 1. The highest BCUT2D eigenvalue weighted by Gasteiger charge is 2.17. The Labute approximate surface area is 178 Å². The predicted molar refractivity (Wildman–Crippen MR) is 118 cm³/mol. The molecular formula is C22H29N3O4S. The van der Waals surface area contributed by atoms with Gasteiger partial charge in [0.25, 0.3) is 5.91 Å². The van der Waals surface area contributed by atoms with Gasteiger partial charge in [-0.25, -0.2) is 8.42 Å². The summed E-state index contributed by atoms with van der Waals surface area (Å²) in [6.07, 6.45) is 1.14. The van der Waals surface area contributed by atoms with E-state index in [1.54, 1.807) is 18.2 Å². The summed E-state index contributed by atoms with van der Waals surface area (Å²) < 4.78 is 30.4. The van der Waals surface area contributed by atoms with E-state index < -0.39 is 10.0 Å². The van der Waals surface area contributed by atoms with E-state index in [0.717, 1.165) is 50.2 Å². The van der Waals surface area contributed by atoms with Crippen LogP contribution in [0.15, 0.2) is 42.5 Å². The molecule has 1 heterocycles. The third kappa shape index (κ3) is 5.59. The van der Waals surface area contributed by atoms with Crippen LogP contribution in [-0.2, 0) is 27.8 Å². The number of amides is 1. The Kier molecular flexibility index (Phi) is 7.12. The van der Waals surface area contributed by atoms with Crippen molar-refractivity contribution in [2.45, 2.75) is 20.0 Å². The molecule has 8 heteroatoms. The number of benzene rings is 2. The first-order valence-corrected chi connectivity index (χ1v) is 11.8. The van der Waals surface area contributed by atoms with E-state index in [1.165, 1.54) is 16.9 Å². The highest BCUT2D eigenvalue weighted by atomic mass is 32.2. The molecule has 1 aliphatic heterocycles. The van der Waals surface area contributed by atoms with Crippen molar-refractivity contribution < 1.29 is 17.9 Å². The second kappa shape index (κ2) is 9.59. The van der Waals surface area contributed by atoms with Gasteiger partial charge in [0.1, 0.15) is 0 Å². The Morgan fingerprint density at radius 3 is 2.47 bits per heavy atom. The van der Waals surface area contributed by atoms with E-state index in [1.807, 2.05) is 25.1 Å². The monoisotopic (exact) mass is 431 g/mol. The van der Waals surface area contributed by atoms with Crippen LogP contribution in [0.4, 0.5) is 5.69 Å². The van der Waals surface area contributed by atoms with Gasteiger partial charge in [0.2, 0.25) is 10.0 Å². The van der Waals surface area contributed by atoms with Gasteiger partial charge < -0.3 is 10.1 Å². The third-order valence-electron chi connectivity index (χ3n) is 5.36. The van der Waals surface area contributed by atoms with Crippen LogP contribution in [0.1, 0.15) is 27.0 Å². The van der Waals surface area contributed by atoms with Crippen LogP contribution in [0, 0.1) is 6.92 Å². The molecule has 1 saturated heterocycles. The van der Waals surface area contributed by atoms with Crippen LogP contribution in [0.2, 0.25) is 0 Å². The number of nitrogens with zero attached hydrogens (tertiary/aromatic N) is 2. The van der Waals surface area contributed by atoms with E-state index in [0.29, 0.717) is 17.8 Å². The molecular weight excluding hydrogens is 402 g/mol. The number of carbonyl (C=O) groups excluding carboxylic acids is 1. The van der Waals surface area contributed by atoms with Gasteiger partial charge in [0, 0.05) is 38.8 Å². The fourth-order valence-electron chi connectivity index (χ4n) is 3.43. The minimum atomic E-state index is -3.41. The molecule has 2 aromatic carbocycles. The number of anilines is 1. The van der Waals surface area contributed by atoms with Gasteiger partial charge in [-0.05, 0) is 35.7 Å². The molecule has 1 N–H and O–H groups in total. The second-order valence-electron chi connectivity index (χ2n) is 7.57. The SMILES string of the molecule is Cc1ccc(C(=O)NCc2ccccc2CN2CCOCC2)cc1N(C)S(C)(=O)=O. The number of rotatable bonds is 7. The molecule has 7 nitrogen and oxygen atoms in total. The Bertz CT molecular complexity index is 1000. The quantitative estimate of drug-likeness (QED) is 0.727. The maximum Gasteiger partial charge on any atom is 0.251 e. The van der Waals surface area contributed by atoms with Gasteiger partial charge in [0.15, 0.2) is 0 Å². The Morgan fingerprint density at radius 2 is 1.80 bits per heavy atom. The summed E-state index contributed by atoms with van der Waals surface area (Å²) >= 11 is 0. The van der Waals surface area contributed by atoms with Crippen LogP contribution in [0.25, 0.3) is 0 Å². The summed E-state index contributed by atoms with van der Waals surface area (Å²) in [5.74, 6) is -0.237. The molecule has 0 radical (unpaired) electrons. The minimum absolute atomic E-state index is 0.237. The molecule has 0 saturated carbocycles. The number of nitrogens with one attached hydrogen (secondary N) is 1. The average Bonchev–Trinajstić information content (AvgIpc) is 2.73. The molecule has 30 heavy (non-hydrogen) atoms. The molecule has 0 aliphatic carbocycles. The fraction of sp³-hybridized carbons (Fsp3) is 0.409. The maximum absolute atomic E-state index is 12.7. The first-order chi connectivity index (χ1) is 14.3. The summed E-state index contributed by atoms with van der Waals surface area (Å²) in [7, 11) is -1.92. The van der Waals surface area contributed by atoms with Crippen molar-refractivity contribution in [3.63, 3.8) is 0 Å². The number of carbonyl (C=O) groups is 1. The lowest BCUT2D eigenvalue weighted by atomic mass is 10.1. The van der Waals surface area contributed by atoms with E-state index >= 15 is 0 Å². The first kappa shape index (κ1) is 22.3. The van der Waals surface area contributed by atoms with Crippen molar-refractivity contribution in [2.75, 3.05) is 43.9 Å². The molecule has 0 atom stereocenters. The fourth-order valence-corrected chi connectivity index (χ4v) is 3.98. The highest BCUT2D eigenvalue weighted by Crippen LogP contribution is 2.23. The van der Waals surface area contributed by atoms with Crippen molar-refractivity contribution in [1.82, 2.24) is 10.2 Å². The summed E-state index contributed by atoms with van der Waals surface area (Å²) in [6, 6.07) is 13.2. The first-order valence-electron chi connectivity index (χ1n) is 9.95. The Balaban J connectivity index is 1.70. The van der Waals surface area contributed by atoms with Crippen molar-refractivity contribution in [2.24, 2.45) is 0 Å². The summed E-state index contributed by atoms with van der Waals surface area (Å²) in [6.45, 7) is 6.35.